The van der Waals surface area contributed by atoms with Crippen molar-refractivity contribution in [2.24, 2.45) is 0 Å². The highest BCUT2D eigenvalue weighted by Gasteiger charge is 2.31. The van der Waals surface area contributed by atoms with E-state index in [9.17, 15) is 13.2 Å². The van der Waals surface area contributed by atoms with Crippen LogP contribution in [0.1, 0.15) is 5.56 Å². The Hall–Kier alpha value is -2.44. The second-order valence-electron chi connectivity index (χ2n) is 4.23. The number of anilines is 3. The van der Waals surface area contributed by atoms with E-state index in [1.165, 1.54) is 14.2 Å². The molecule has 2 aromatic rings. The molecular formula is C14H14F3N3O. The molecule has 0 spiro atoms. The minimum Gasteiger partial charge on any atom is -0.497 e. The van der Waals surface area contributed by atoms with E-state index in [1.807, 2.05) is 0 Å². The predicted molar refractivity (Wildman–Crippen MR) is 75.1 cm³/mol. The van der Waals surface area contributed by atoms with Crippen molar-refractivity contribution in [1.82, 2.24) is 4.98 Å². The summed E-state index contributed by atoms with van der Waals surface area (Å²) in [5.41, 5.74) is -0.185. The molecule has 4 nitrogen and oxygen atoms in total. The van der Waals surface area contributed by atoms with E-state index in [4.69, 9.17) is 4.74 Å². The predicted octanol–water partition coefficient (Wildman–Crippen LogP) is 3.89. The Kier molecular flexibility index (Phi) is 4.21. The summed E-state index contributed by atoms with van der Waals surface area (Å²) in [5, 5.41) is 5.45. The first-order chi connectivity index (χ1) is 9.92. The standard InChI is InChI=1S/C14H14F3N3O/c1-18-12-6-9(14(15,16)17)7-13(20-12)19-10-4-3-5-11(8-10)21-2/h3-8H,1-2H3,(H2,18,19,20). The summed E-state index contributed by atoms with van der Waals surface area (Å²) in [7, 11) is 3.03. The van der Waals surface area contributed by atoms with Crippen molar-refractivity contribution in [3.05, 3.63) is 42.0 Å². The Balaban J connectivity index is 2.34. The lowest BCUT2D eigenvalue weighted by Gasteiger charge is -2.13. The summed E-state index contributed by atoms with van der Waals surface area (Å²) in [6, 6.07) is 8.76. The Labute approximate surface area is 120 Å². The maximum atomic E-state index is 12.8. The van der Waals surface area contributed by atoms with Gasteiger partial charge in [-0.25, -0.2) is 4.98 Å². The SMILES string of the molecule is CNc1cc(C(F)(F)F)cc(Nc2cccc(OC)c2)n1. The fourth-order valence-corrected chi connectivity index (χ4v) is 1.74. The third kappa shape index (κ3) is 3.77. The van der Waals surface area contributed by atoms with Crippen LogP contribution in [0.5, 0.6) is 5.75 Å². The second kappa shape index (κ2) is 5.90. The van der Waals surface area contributed by atoms with Gasteiger partial charge in [-0.2, -0.15) is 13.2 Å². The minimum absolute atomic E-state index is 0.0995. The Bertz CT molecular complexity index is 629. The number of rotatable bonds is 4. The molecule has 2 rings (SSSR count). The summed E-state index contributed by atoms with van der Waals surface area (Å²) < 4.78 is 43.6. The molecule has 2 N–H and O–H groups in total. The number of pyridine rings is 1. The molecule has 21 heavy (non-hydrogen) atoms. The van der Waals surface area contributed by atoms with E-state index in [1.54, 1.807) is 24.3 Å². The molecule has 1 heterocycles. The van der Waals surface area contributed by atoms with Gasteiger partial charge in [-0.3, -0.25) is 0 Å². The first kappa shape index (κ1) is 15.0. The van der Waals surface area contributed by atoms with Gasteiger partial charge in [-0.15, -0.1) is 0 Å². The van der Waals surface area contributed by atoms with E-state index in [2.05, 4.69) is 15.6 Å². The van der Waals surface area contributed by atoms with Gasteiger partial charge in [0.25, 0.3) is 0 Å². The molecule has 1 aromatic carbocycles. The van der Waals surface area contributed by atoms with E-state index >= 15 is 0 Å². The van der Waals surface area contributed by atoms with Crippen LogP contribution in [0.15, 0.2) is 36.4 Å². The molecule has 0 amide bonds. The summed E-state index contributed by atoms with van der Waals surface area (Å²) in [6.45, 7) is 0. The van der Waals surface area contributed by atoms with E-state index in [-0.39, 0.29) is 11.6 Å². The summed E-state index contributed by atoms with van der Waals surface area (Å²) >= 11 is 0. The van der Waals surface area contributed by atoms with Crippen molar-refractivity contribution >= 4 is 17.3 Å². The fraction of sp³-hybridized carbons (Fsp3) is 0.214. The molecule has 0 aliphatic carbocycles. The summed E-state index contributed by atoms with van der Waals surface area (Å²) in [5.74, 6) is 0.832. The molecule has 0 bridgehead atoms. The lowest BCUT2D eigenvalue weighted by atomic mass is 10.2. The molecule has 0 radical (unpaired) electrons. The Morgan fingerprint density at radius 2 is 1.81 bits per heavy atom. The van der Waals surface area contributed by atoms with Crippen molar-refractivity contribution in [2.75, 3.05) is 24.8 Å². The van der Waals surface area contributed by atoms with Crippen molar-refractivity contribution in [3.8, 4) is 5.75 Å². The zero-order valence-corrected chi connectivity index (χ0v) is 11.5. The van der Waals surface area contributed by atoms with Gasteiger partial charge >= 0.3 is 6.18 Å². The minimum atomic E-state index is -4.43. The maximum Gasteiger partial charge on any atom is 0.416 e. The third-order valence-electron chi connectivity index (χ3n) is 2.75. The maximum absolute atomic E-state index is 12.8. The van der Waals surface area contributed by atoms with Crippen molar-refractivity contribution < 1.29 is 17.9 Å². The van der Waals surface area contributed by atoms with E-state index in [0.717, 1.165) is 12.1 Å². The van der Waals surface area contributed by atoms with E-state index < -0.39 is 11.7 Å². The van der Waals surface area contributed by atoms with Gasteiger partial charge in [0.05, 0.1) is 12.7 Å². The number of nitrogens with zero attached hydrogens (tertiary/aromatic N) is 1. The number of nitrogens with one attached hydrogen (secondary N) is 2. The van der Waals surface area contributed by atoms with Crippen LogP contribution in [0, 0.1) is 0 Å². The molecule has 0 fully saturated rings. The van der Waals surface area contributed by atoms with Crippen LogP contribution in [0.4, 0.5) is 30.5 Å². The van der Waals surface area contributed by atoms with Crippen LogP contribution in [-0.4, -0.2) is 19.1 Å². The molecule has 112 valence electrons. The van der Waals surface area contributed by atoms with Crippen LogP contribution < -0.4 is 15.4 Å². The van der Waals surface area contributed by atoms with E-state index in [0.29, 0.717) is 11.4 Å². The Morgan fingerprint density at radius 1 is 1.10 bits per heavy atom. The van der Waals surface area contributed by atoms with Crippen molar-refractivity contribution in [2.45, 2.75) is 6.18 Å². The molecule has 0 aliphatic heterocycles. The van der Waals surface area contributed by atoms with Crippen molar-refractivity contribution in [1.29, 1.82) is 0 Å². The number of methoxy groups -OCH3 is 1. The normalized spacial score (nSPS) is 11.1. The van der Waals surface area contributed by atoms with Gasteiger partial charge in [0.1, 0.15) is 17.4 Å². The number of hydrogen-bond donors (Lipinski definition) is 2. The highest BCUT2D eigenvalue weighted by molar-refractivity contribution is 5.61. The smallest absolute Gasteiger partial charge is 0.416 e. The number of halogens is 3. The number of ether oxygens (including phenoxy) is 1. The van der Waals surface area contributed by atoms with Gasteiger partial charge in [0.2, 0.25) is 0 Å². The highest BCUT2D eigenvalue weighted by Crippen LogP contribution is 2.32. The van der Waals surface area contributed by atoms with Crippen molar-refractivity contribution in [3.63, 3.8) is 0 Å². The average molecular weight is 297 g/mol. The van der Waals surface area contributed by atoms with Crippen LogP contribution in [0.25, 0.3) is 0 Å². The summed E-state index contributed by atoms with van der Waals surface area (Å²) in [4.78, 5) is 4.05. The van der Waals surface area contributed by atoms with Gasteiger partial charge in [-0.05, 0) is 24.3 Å². The molecule has 1 aromatic heterocycles. The molecule has 0 aliphatic rings. The van der Waals surface area contributed by atoms with Gasteiger partial charge in [0.15, 0.2) is 0 Å². The monoisotopic (exact) mass is 297 g/mol. The molecule has 0 unspecified atom stereocenters. The average Bonchev–Trinajstić information content (AvgIpc) is 2.46. The summed E-state index contributed by atoms with van der Waals surface area (Å²) in [6.07, 6.45) is -4.43. The fourth-order valence-electron chi connectivity index (χ4n) is 1.74. The lowest BCUT2D eigenvalue weighted by Crippen LogP contribution is -2.08. The molecule has 0 saturated heterocycles. The van der Waals surface area contributed by atoms with Gasteiger partial charge in [-0.1, -0.05) is 6.07 Å². The first-order valence-electron chi connectivity index (χ1n) is 6.10. The number of benzene rings is 1. The zero-order chi connectivity index (χ0) is 15.5. The highest BCUT2D eigenvalue weighted by atomic mass is 19.4. The number of hydrogen-bond acceptors (Lipinski definition) is 4. The molecule has 0 saturated carbocycles. The van der Waals surface area contributed by atoms with Crippen LogP contribution in [0.2, 0.25) is 0 Å². The topological polar surface area (TPSA) is 46.2 Å². The quantitative estimate of drug-likeness (QED) is 0.898. The number of aromatic nitrogens is 1. The van der Waals surface area contributed by atoms with Gasteiger partial charge < -0.3 is 15.4 Å². The molecule has 7 heteroatoms. The number of alkyl halides is 3. The third-order valence-corrected chi connectivity index (χ3v) is 2.75. The van der Waals surface area contributed by atoms with Crippen LogP contribution >= 0.6 is 0 Å². The zero-order valence-electron chi connectivity index (χ0n) is 11.5. The van der Waals surface area contributed by atoms with Gasteiger partial charge in [0, 0.05) is 18.8 Å². The second-order valence-corrected chi connectivity index (χ2v) is 4.23. The van der Waals surface area contributed by atoms with Crippen LogP contribution in [0.3, 0.4) is 0 Å². The Morgan fingerprint density at radius 3 is 2.43 bits per heavy atom. The lowest BCUT2D eigenvalue weighted by molar-refractivity contribution is -0.137. The first-order valence-corrected chi connectivity index (χ1v) is 6.10. The molecule has 0 atom stereocenters. The van der Waals surface area contributed by atoms with Crippen LogP contribution in [-0.2, 0) is 6.18 Å². The largest absolute Gasteiger partial charge is 0.497 e. The molecular weight excluding hydrogens is 283 g/mol.